The number of esters is 1. The number of aromatic hydroxyl groups is 1. The summed E-state index contributed by atoms with van der Waals surface area (Å²) in [7, 11) is 1.17. The highest BCUT2D eigenvalue weighted by molar-refractivity contribution is 5.73. The minimum absolute atomic E-state index is 0.0302. The molecule has 0 saturated heterocycles. The van der Waals surface area contributed by atoms with E-state index in [0.717, 1.165) is 6.07 Å². The Balaban J connectivity index is 3.17. The summed E-state index contributed by atoms with van der Waals surface area (Å²) >= 11 is 0. The number of hydrogen-bond donors (Lipinski definition) is 2. The molecule has 1 aromatic heterocycles. The molecule has 17 heavy (non-hydrogen) atoms. The Morgan fingerprint density at radius 2 is 2.29 bits per heavy atom. The zero-order valence-corrected chi connectivity index (χ0v) is 9.11. The lowest BCUT2D eigenvalue weighted by molar-refractivity contribution is -0.139. The minimum atomic E-state index is -2.79. The highest BCUT2D eigenvalue weighted by Gasteiger charge is 2.18. The van der Waals surface area contributed by atoms with E-state index < -0.39 is 18.1 Å². The van der Waals surface area contributed by atoms with Crippen molar-refractivity contribution in [1.29, 1.82) is 0 Å². The van der Waals surface area contributed by atoms with Gasteiger partial charge in [0.15, 0.2) is 0 Å². The normalized spacial score (nSPS) is 10.6. The Morgan fingerprint density at radius 1 is 1.65 bits per heavy atom. The molecule has 1 aromatic rings. The topological polar surface area (TPSA) is 85.4 Å². The molecule has 0 aliphatic carbocycles. The van der Waals surface area contributed by atoms with Gasteiger partial charge in [0.05, 0.1) is 19.2 Å². The van der Waals surface area contributed by atoms with Gasteiger partial charge in [-0.2, -0.15) is 0 Å². The van der Waals surface area contributed by atoms with Gasteiger partial charge < -0.3 is 15.6 Å². The molecule has 5 nitrogen and oxygen atoms in total. The van der Waals surface area contributed by atoms with Gasteiger partial charge in [-0.25, -0.2) is 13.8 Å². The standard InChI is InChI=1S/C10H12F2N2O3/c1-17-8(15)3-5-2-6(10(11)12)14-7(4-13)9(5)16/h2,10,16H,3-4,13H2,1H3. The summed E-state index contributed by atoms with van der Waals surface area (Å²) in [6, 6.07) is 0.968. The second-order valence-electron chi connectivity index (χ2n) is 3.26. The van der Waals surface area contributed by atoms with Crippen LogP contribution >= 0.6 is 0 Å². The molecule has 0 aromatic carbocycles. The predicted octanol–water partition coefficient (Wildman–Crippen LogP) is 0.899. The fraction of sp³-hybridized carbons (Fsp3) is 0.400. The molecule has 7 heteroatoms. The van der Waals surface area contributed by atoms with Crippen molar-refractivity contribution in [2.24, 2.45) is 5.73 Å². The van der Waals surface area contributed by atoms with Crippen molar-refractivity contribution in [2.45, 2.75) is 19.4 Å². The molecule has 1 rings (SSSR count). The van der Waals surface area contributed by atoms with Crippen LogP contribution in [-0.2, 0) is 22.5 Å². The number of nitrogens with zero attached hydrogens (tertiary/aromatic N) is 1. The molecular formula is C10H12F2N2O3. The smallest absolute Gasteiger partial charge is 0.310 e. The minimum Gasteiger partial charge on any atom is -0.506 e. The van der Waals surface area contributed by atoms with Crippen LogP contribution in [0.1, 0.15) is 23.4 Å². The Bertz CT molecular complexity index is 424. The van der Waals surface area contributed by atoms with E-state index in [-0.39, 0.29) is 30.0 Å². The van der Waals surface area contributed by atoms with Gasteiger partial charge in [-0.15, -0.1) is 0 Å². The Labute approximate surface area is 96.2 Å². The molecule has 0 atom stereocenters. The number of carbonyl (C=O) groups is 1. The Hall–Kier alpha value is -1.76. The lowest BCUT2D eigenvalue weighted by Crippen LogP contribution is -2.09. The molecule has 0 fully saturated rings. The van der Waals surface area contributed by atoms with Crippen LogP contribution in [0.4, 0.5) is 8.78 Å². The van der Waals surface area contributed by atoms with Gasteiger partial charge in [0.2, 0.25) is 0 Å². The van der Waals surface area contributed by atoms with Crippen LogP contribution < -0.4 is 5.73 Å². The first-order chi connectivity index (χ1) is 7.99. The van der Waals surface area contributed by atoms with Gasteiger partial charge in [-0.05, 0) is 6.07 Å². The molecule has 0 aliphatic heterocycles. The third-order valence-electron chi connectivity index (χ3n) is 2.14. The summed E-state index contributed by atoms with van der Waals surface area (Å²) in [5, 5.41) is 9.64. The van der Waals surface area contributed by atoms with Crippen LogP contribution in [0.15, 0.2) is 6.07 Å². The van der Waals surface area contributed by atoms with E-state index in [2.05, 4.69) is 9.72 Å². The maximum Gasteiger partial charge on any atom is 0.310 e. The highest BCUT2D eigenvalue weighted by Crippen LogP contribution is 2.27. The van der Waals surface area contributed by atoms with E-state index >= 15 is 0 Å². The molecule has 0 radical (unpaired) electrons. The first-order valence-electron chi connectivity index (χ1n) is 4.76. The van der Waals surface area contributed by atoms with Crippen LogP contribution in [0, 0.1) is 0 Å². The largest absolute Gasteiger partial charge is 0.506 e. The number of nitrogens with two attached hydrogens (primary N) is 1. The number of pyridine rings is 1. The van der Waals surface area contributed by atoms with Crippen molar-refractivity contribution >= 4 is 5.97 Å². The number of carbonyl (C=O) groups excluding carboxylic acids is 1. The molecular weight excluding hydrogens is 234 g/mol. The van der Waals surface area contributed by atoms with Crippen LogP contribution in [0.2, 0.25) is 0 Å². The average Bonchev–Trinajstić information content (AvgIpc) is 2.31. The molecule has 3 N–H and O–H groups in total. The van der Waals surface area contributed by atoms with Crippen LogP contribution in [0.25, 0.3) is 0 Å². The van der Waals surface area contributed by atoms with Gasteiger partial charge in [0.25, 0.3) is 6.43 Å². The zero-order chi connectivity index (χ0) is 13.0. The van der Waals surface area contributed by atoms with Gasteiger partial charge in [-0.3, -0.25) is 4.79 Å². The monoisotopic (exact) mass is 246 g/mol. The van der Waals surface area contributed by atoms with Gasteiger partial charge in [0, 0.05) is 12.1 Å². The zero-order valence-electron chi connectivity index (χ0n) is 9.11. The van der Waals surface area contributed by atoms with Crippen LogP contribution in [-0.4, -0.2) is 23.2 Å². The second-order valence-corrected chi connectivity index (χ2v) is 3.26. The van der Waals surface area contributed by atoms with Crippen molar-refractivity contribution in [3.63, 3.8) is 0 Å². The van der Waals surface area contributed by atoms with E-state index in [4.69, 9.17) is 5.73 Å². The fourth-order valence-electron chi connectivity index (χ4n) is 1.29. The van der Waals surface area contributed by atoms with E-state index in [1.807, 2.05) is 0 Å². The first-order valence-corrected chi connectivity index (χ1v) is 4.76. The van der Waals surface area contributed by atoms with Gasteiger partial charge in [0.1, 0.15) is 11.4 Å². The number of hydrogen-bond acceptors (Lipinski definition) is 5. The van der Waals surface area contributed by atoms with Gasteiger partial charge in [-0.1, -0.05) is 0 Å². The molecule has 94 valence electrons. The molecule has 0 bridgehead atoms. The van der Waals surface area contributed by atoms with Crippen LogP contribution in [0.3, 0.4) is 0 Å². The summed E-state index contributed by atoms with van der Waals surface area (Å²) < 4.78 is 29.4. The van der Waals surface area contributed by atoms with E-state index in [1.165, 1.54) is 7.11 Å². The predicted molar refractivity (Wildman–Crippen MR) is 54.5 cm³/mol. The molecule has 1 heterocycles. The fourth-order valence-corrected chi connectivity index (χ4v) is 1.29. The van der Waals surface area contributed by atoms with Crippen molar-refractivity contribution in [1.82, 2.24) is 4.98 Å². The number of alkyl halides is 2. The highest BCUT2D eigenvalue weighted by atomic mass is 19.3. The molecule has 0 aliphatic rings. The summed E-state index contributed by atoms with van der Waals surface area (Å²) in [6.07, 6.45) is -3.10. The molecule has 0 unspecified atom stereocenters. The van der Waals surface area contributed by atoms with Crippen molar-refractivity contribution in [3.05, 3.63) is 23.0 Å². The van der Waals surface area contributed by atoms with Gasteiger partial charge >= 0.3 is 5.97 Å². The number of ether oxygens (including phenoxy) is 1. The van der Waals surface area contributed by atoms with E-state index in [0.29, 0.717) is 0 Å². The summed E-state index contributed by atoms with van der Waals surface area (Å²) in [5.41, 5.74) is 4.70. The summed E-state index contributed by atoms with van der Waals surface area (Å²) in [4.78, 5) is 14.5. The number of halogens is 2. The number of methoxy groups -OCH3 is 1. The number of aromatic nitrogens is 1. The van der Waals surface area contributed by atoms with E-state index in [1.54, 1.807) is 0 Å². The Kier molecular flexibility index (Phi) is 4.33. The van der Waals surface area contributed by atoms with Crippen molar-refractivity contribution in [2.75, 3.05) is 7.11 Å². The van der Waals surface area contributed by atoms with Crippen LogP contribution in [0.5, 0.6) is 5.75 Å². The average molecular weight is 246 g/mol. The number of rotatable bonds is 4. The lowest BCUT2D eigenvalue weighted by atomic mass is 10.1. The third kappa shape index (κ3) is 3.10. The maximum absolute atomic E-state index is 12.5. The summed E-state index contributed by atoms with van der Waals surface area (Å²) in [5.74, 6) is -0.989. The lowest BCUT2D eigenvalue weighted by Gasteiger charge is -2.10. The summed E-state index contributed by atoms with van der Waals surface area (Å²) in [6.45, 7) is -0.194. The van der Waals surface area contributed by atoms with E-state index in [9.17, 15) is 18.7 Å². The Morgan fingerprint density at radius 3 is 2.76 bits per heavy atom. The SMILES string of the molecule is COC(=O)Cc1cc(C(F)F)nc(CN)c1O. The maximum atomic E-state index is 12.5. The molecule has 0 spiro atoms. The quantitative estimate of drug-likeness (QED) is 0.771. The third-order valence-corrected chi connectivity index (χ3v) is 2.14. The first kappa shape index (κ1) is 13.3. The molecule has 0 saturated carbocycles. The van der Waals surface area contributed by atoms with Crippen molar-refractivity contribution < 1.29 is 23.4 Å². The molecule has 0 amide bonds. The van der Waals surface area contributed by atoms with Crippen molar-refractivity contribution in [3.8, 4) is 5.75 Å². The second kappa shape index (κ2) is 5.53.